The predicted molar refractivity (Wildman–Crippen MR) is 86.3 cm³/mol. The molecule has 114 valence electrons. The van der Waals surface area contributed by atoms with Gasteiger partial charge in [-0.2, -0.15) is 0 Å². The van der Waals surface area contributed by atoms with Gasteiger partial charge < -0.3 is 9.47 Å². The van der Waals surface area contributed by atoms with Crippen molar-refractivity contribution in [2.75, 3.05) is 0 Å². The number of aromatic nitrogens is 2. The van der Waals surface area contributed by atoms with Crippen molar-refractivity contribution in [2.24, 2.45) is 0 Å². The average Bonchev–Trinajstić information content (AvgIpc) is 2.71. The van der Waals surface area contributed by atoms with Gasteiger partial charge in [0.15, 0.2) is 0 Å². The maximum absolute atomic E-state index is 12.6. The minimum Gasteiger partial charge on any atom is -0.336 e. The van der Waals surface area contributed by atoms with Gasteiger partial charge in [0.1, 0.15) is 6.54 Å². The third kappa shape index (κ3) is 3.09. The molecular weight excluding hydrogens is 262 g/mol. The Balaban J connectivity index is 2.31. The highest BCUT2D eigenvalue weighted by Gasteiger charge is 2.20. The molecule has 1 amide bonds. The molecule has 0 unspecified atom stereocenters. The van der Waals surface area contributed by atoms with Crippen LogP contribution < -0.4 is 0 Å². The number of hydrogen-bond donors (Lipinski definition) is 0. The molecule has 0 saturated carbocycles. The smallest absolute Gasteiger partial charge is 0.243 e. The molecule has 0 fully saturated rings. The number of carbonyl (C=O) groups is 1. The third-order valence-corrected chi connectivity index (χ3v) is 3.94. The summed E-state index contributed by atoms with van der Waals surface area (Å²) in [5, 5.41) is 0. The molecule has 0 bridgehead atoms. The molecule has 0 N–H and O–H groups in total. The molecule has 0 spiro atoms. The number of fused-ring (bicyclic) bond motifs is 1. The molecule has 0 aliphatic heterocycles. The van der Waals surface area contributed by atoms with Gasteiger partial charge in [0.25, 0.3) is 0 Å². The van der Waals surface area contributed by atoms with Crippen molar-refractivity contribution in [3.63, 3.8) is 0 Å². The Morgan fingerprint density at radius 3 is 2.29 bits per heavy atom. The maximum Gasteiger partial charge on any atom is 0.243 e. The van der Waals surface area contributed by atoms with E-state index >= 15 is 0 Å². The van der Waals surface area contributed by atoms with Crippen LogP contribution in [-0.4, -0.2) is 32.4 Å². The average molecular weight is 287 g/mol. The summed E-state index contributed by atoms with van der Waals surface area (Å²) in [6.07, 6.45) is 1.76. The zero-order valence-corrected chi connectivity index (χ0v) is 13.8. The van der Waals surface area contributed by atoms with E-state index in [1.807, 2.05) is 9.47 Å². The molecule has 4 nitrogen and oxygen atoms in total. The standard InChI is InChI=1S/C17H25N3O/c1-11(2)20(12(3)4)17(21)9-19-10-18-15-7-13(5)14(6)8-16(15)19/h7-8,10-12H,9H2,1-6H3. The first kappa shape index (κ1) is 15.5. The molecule has 0 atom stereocenters. The maximum atomic E-state index is 12.6. The molecule has 1 aromatic carbocycles. The van der Waals surface area contributed by atoms with Crippen molar-refractivity contribution in [1.82, 2.24) is 14.5 Å². The fourth-order valence-corrected chi connectivity index (χ4v) is 2.84. The lowest BCUT2D eigenvalue weighted by molar-refractivity contribution is -0.135. The van der Waals surface area contributed by atoms with Crippen molar-refractivity contribution >= 4 is 16.9 Å². The van der Waals surface area contributed by atoms with Gasteiger partial charge in [-0.05, 0) is 64.8 Å². The van der Waals surface area contributed by atoms with E-state index in [1.165, 1.54) is 11.1 Å². The molecular formula is C17H25N3O. The highest BCUT2D eigenvalue weighted by atomic mass is 16.2. The van der Waals surface area contributed by atoms with E-state index in [0.29, 0.717) is 6.54 Å². The fourth-order valence-electron chi connectivity index (χ4n) is 2.84. The van der Waals surface area contributed by atoms with Crippen LogP contribution in [0.4, 0.5) is 0 Å². The van der Waals surface area contributed by atoms with Crippen LogP contribution in [0.1, 0.15) is 38.8 Å². The number of imidazole rings is 1. The summed E-state index contributed by atoms with van der Waals surface area (Å²) in [7, 11) is 0. The highest BCUT2D eigenvalue weighted by molar-refractivity contribution is 5.81. The summed E-state index contributed by atoms with van der Waals surface area (Å²) in [5.74, 6) is 0.137. The summed E-state index contributed by atoms with van der Waals surface area (Å²) in [5.41, 5.74) is 4.43. The molecule has 2 rings (SSSR count). The first-order valence-corrected chi connectivity index (χ1v) is 7.54. The zero-order chi connectivity index (χ0) is 15.7. The van der Waals surface area contributed by atoms with Gasteiger partial charge in [0.2, 0.25) is 5.91 Å². The lowest BCUT2D eigenvalue weighted by Crippen LogP contribution is -2.43. The number of nitrogens with zero attached hydrogens (tertiary/aromatic N) is 3. The first-order chi connectivity index (χ1) is 9.81. The second-order valence-electron chi connectivity index (χ2n) is 6.29. The molecule has 0 saturated heterocycles. The molecule has 0 aliphatic rings. The Kier molecular flexibility index (Phi) is 4.35. The SMILES string of the molecule is Cc1cc2ncn(CC(=O)N(C(C)C)C(C)C)c2cc1C. The van der Waals surface area contributed by atoms with Gasteiger partial charge in [-0.3, -0.25) is 4.79 Å². The van der Waals surface area contributed by atoms with E-state index in [-0.39, 0.29) is 18.0 Å². The van der Waals surface area contributed by atoms with Gasteiger partial charge in [0.05, 0.1) is 17.4 Å². The van der Waals surface area contributed by atoms with Crippen molar-refractivity contribution in [1.29, 1.82) is 0 Å². The van der Waals surface area contributed by atoms with Crippen LogP contribution >= 0.6 is 0 Å². The lowest BCUT2D eigenvalue weighted by atomic mass is 10.1. The van der Waals surface area contributed by atoms with Gasteiger partial charge in [-0.15, -0.1) is 0 Å². The largest absolute Gasteiger partial charge is 0.336 e. The summed E-state index contributed by atoms with van der Waals surface area (Å²) in [4.78, 5) is 18.9. The molecule has 2 aromatic rings. The Bertz CT molecular complexity index is 647. The minimum absolute atomic E-state index is 0.137. The van der Waals surface area contributed by atoms with E-state index in [9.17, 15) is 4.79 Å². The molecule has 4 heteroatoms. The number of benzene rings is 1. The van der Waals surface area contributed by atoms with Crippen molar-refractivity contribution < 1.29 is 4.79 Å². The summed E-state index contributed by atoms with van der Waals surface area (Å²) in [6, 6.07) is 4.60. The number of amides is 1. The Morgan fingerprint density at radius 1 is 1.14 bits per heavy atom. The Labute approximate surface area is 126 Å². The van der Waals surface area contributed by atoms with E-state index in [2.05, 4.69) is 58.7 Å². The van der Waals surface area contributed by atoms with Crippen LogP contribution in [0.15, 0.2) is 18.5 Å². The zero-order valence-electron chi connectivity index (χ0n) is 13.8. The monoisotopic (exact) mass is 287 g/mol. The van der Waals surface area contributed by atoms with Crippen molar-refractivity contribution in [3.8, 4) is 0 Å². The molecule has 21 heavy (non-hydrogen) atoms. The summed E-state index contributed by atoms with van der Waals surface area (Å²) < 4.78 is 1.95. The van der Waals surface area contributed by atoms with E-state index in [1.54, 1.807) is 6.33 Å². The molecule has 1 aromatic heterocycles. The summed E-state index contributed by atoms with van der Waals surface area (Å²) in [6.45, 7) is 12.7. The van der Waals surface area contributed by atoms with E-state index < -0.39 is 0 Å². The second-order valence-corrected chi connectivity index (χ2v) is 6.29. The van der Waals surface area contributed by atoms with Crippen LogP contribution in [-0.2, 0) is 11.3 Å². The van der Waals surface area contributed by atoms with Gasteiger partial charge in [-0.25, -0.2) is 4.98 Å². The quantitative estimate of drug-likeness (QED) is 0.865. The normalized spacial score (nSPS) is 11.6. The van der Waals surface area contributed by atoms with E-state index in [0.717, 1.165) is 11.0 Å². The Hall–Kier alpha value is -1.84. The van der Waals surface area contributed by atoms with E-state index in [4.69, 9.17) is 0 Å². The minimum atomic E-state index is 0.137. The highest BCUT2D eigenvalue weighted by Crippen LogP contribution is 2.19. The molecule has 0 aliphatic carbocycles. The number of hydrogen-bond acceptors (Lipinski definition) is 2. The molecule has 1 heterocycles. The second kappa shape index (κ2) is 5.88. The topological polar surface area (TPSA) is 38.1 Å². The fraction of sp³-hybridized carbons (Fsp3) is 0.529. The number of aryl methyl sites for hydroxylation is 2. The third-order valence-electron chi connectivity index (χ3n) is 3.94. The predicted octanol–water partition coefficient (Wildman–Crippen LogP) is 3.30. The molecule has 0 radical (unpaired) electrons. The van der Waals surface area contributed by atoms with Crippen LogP contribution in [0.25, 0.3) is 11.0 Å². The van der Waals surface area contributed by atoms with Gasteiger partial charge in [-0.1, -0.05) is 0 Å². The van der Waals surface area contributed by atoms with Crippen molar-refractivity contribution in [2.45, 2.75) is 60.2 Å². The number of carbonyl (C=O) groups excluding carboxylic acids is 1. The van der Waals surface area contributed by atoms with Crippen LogP contribution in [0, 0.1) is 13.8 Å². The van der Waals surface area contributed by atoms with Gasteiger partial charge in [0, 0.05) is 12.1 Å². The lowest BCUT2D eigenvalue weighted by Gasteiger charge is -2.31. The van der Waals surface area contributed by atoms with Crippen LogP contribution in [0.5, 0.6) is 0 Å². The van der Waals surface area contributed by atoms with Crippen LogP contribution in [0.2, 0.25) is 0 Å². The number of rotatable bonds is 4. The summed E-state index contributed by atoms with van der Waals surface area (Å²) >= 11 is 0. The van der Waals surface area contributed by atoms with Crippen LogP contribution in [0.3, 0.4) is 0 Å². The van der Waals surface area contributed by atoms with Gasteiger partial charge >= 0.3 is 0 Å². The Morgan fingerprint density at radius 2 is 1.71 bits per heavy atom. The van der Waals surface area contributed by atoms with Crippen molar-refractivity contribution in [3.05, 3.63) is 29.6 Å². The first-order valence-electron chi connectivity index (χ1n) is 7.54.